The van der Waals surface area contributed by atoms with Crippen molar-refractivity contribution in [1.82, 2.24) is 9.80 Å². The van der Waals surface area contributed by atoms with Gasteiger partial charge < -0.3 is 9.80 Å². The van der Waals surface area contributed by atoms with Gasteiger partial charge in [0.25, 0.3) is 0 Å². The van der Waals surface area contributed by atoms with Crippen molar-refractivity contribution in [3.8, 4) is 0 Å². The Hall–Kier alpha value is -0.280. The molecule has 1 aliphatic heterocycles. The van der Waals surface area contributed by atoms with Crippen molar-refractivity contribution >= 4 is 23.2 Å². The molecule has 1 aliphatic rings. The van der Waals surface area contributed by atoms with Gasteiger partial charge in [0.1, 0.15) is 0 Å². The van der Waals surface area contributed by atoms with Crippen molar-refractivity contribution in [2.24, 2.45) is 0 Å². The summed E-state index contributed by atoms with van der Waals surface area (Å²) < 4.78 is 0. The quantitative estimate of drug-likeness (QED) is 0.839. The molecule has 0 unspecified atom stereocenters. The van der Waals surface area contributed by atoms with E-state index >= 15 is 0 Å². The number of rotatable bonds is 4. The zero-order valence-electron chi connectivity index (χ0n) is 10.8. The molecule has 0 N–H and O–H groups in total. The highest BCUT2D eigenvalue weighted by atomic mass is 35.5. The van der Waals surface area contributed by atoms with Crippen molar-refractivity contribution in [2.75, 3.05) is 39.8 Å². The van der Waals surface area contributed by atoms with Gasteiger partial charge in [-0.05, 0) is 38.1 Å². The zero-order valence-corrected chi connectivity index (χ0v) is 12.3. The fraction of sp³-hybridized carbons (Fsp3) is 0.571. The molecule has 0 atom stereocenters. The summed E-state index contributed by atoms with van der Waals surface area (Å²) in [6.45, 7) is 5.87. The molecule has 2 nitrogen and oxygen atoms in total. The van der Waals surface area contributed by atoms with Crippen LogP contribution in [-0.2, 0) is 6.42 Å². The van der Waals surface area contributed by atoms with Crippen LogP contribution < -0.4 is 0 Å². The molecule has 0 spiro atoms. The van der Waals surface area contributed by atoms with Crippen LogP contribution in [0.1, 0.15) is 12.0 Å². The third-order valence-corrected chi connectivity index (χ3v) is 4.41. The Morgan fingerprint density at radius 2 is 1.83 bits per heavy atom. The van der Waals surface area contributed by atoms with E-state index in [4.69, 9.17) is 23.2 Å². The lowest BCUT2D eigenvalue weighted by Crippen LogP contribution is -2.44. The molecule has 0 aliphatic carbocycles. The predicted molar refractivity (Wildman–Crippen MR) is 78.7 cm³/mol. The molecule has 4 heteroatoms. The maximum absolute atomic E-state index is 6.18. The Balaban J connectivity index is 1.77. The van der Waals surface area contributed by atoms with Crippen LogP contribution in [0.15, 0.2) is 18.2 Å². The molecular formula is C14H20Cl2N2. The van der Waals surface area contributed by atoms with Gasteiger partial charge in [0, 0.05) is 26.2 Å². The lowest BCUT2D eigenvalue weighted by Gasteiger charge is -2.32. The monoisotopic (exact) mass is 286 g/mol. The van der Waals surface area contributed by atoms with E-state index in [1.165, 1.54) is 31.7 Å². The number of likely N-dealkylation sites (N-methyl/N-ethyl adjacent to an activating group) is 1. The van der Waals surface area contributed by atoms with Gasteiger partial charge in [0.2, 0.25) is 0 Å². The van der Waals surface area contributed by atoms with Crippen LogP contribution in [0.2, 0.25) is 10.0 Å². The highest BCUT2D eigenvalue weighted by Crippen LogP contribution is 2.26. The second-order valence-electron chi connectivity index (χ2n) is 4.96. The van der Waals surface area contributed by atoms with Gasteiger partial charge in [-0.2, -0.15) is 0 Å². The molecule has 2 rings (SSSR count). The van der Waals surface area contributed by atoms with Crippen LogP contribution in [-0.4, -0.2) is 49.6 Å². The van der Waals surface area contributed by atoms with Gasteiger partial charge in [-0.3, -0.25) is 0 Å². The molecule has 0 radical (unpaired) electrons. The molecule has 1 aromatic carbocycles. The van der Waals surface area contributed by atoms with E-state index in [0.717, 1.165) is 24.4 Å². The lowest BCUT2D eigenvalue weighted by molar-refractivity contribution is 0.153. The number of hydrogen-bond acceptors (Lipinski definition) is 2. The average Bonchev–Trinajstić information content (AvgIpc) is 2.37. The Bertz CT molecular complexity index is 387. The Morgan fingerprint density at radius 3 is 2.56 bits per heavy atom. The number of nitrogens with zero attached hydrogens (tertiary/aromatic N) is 2. The zero-order chi connectivity index (χ0) is 13.0. The lowest BCUT2D eigenvalue weighted by atomic mass is 10.1. The van der Waals surface area contributed by atoms with Crippen molar-refractivity contribution in [1.29, 1.82) is 0 Å². The normalized spacial score (nSPS) is 18.2. The predicted octanol–water partition coefficient (Wildman–Crippen LogP) is 3.17. The van der Waals surface area contributed by atoms with Crippen LogP contribution in [0, 0.1) is 0 Å². The standard InChI is InChI=1S/C14H20Cl2N2/c1-17-8-10-18(11-9-17)7-3-5-12-4-2-6-13(15)14(12)16/h2,4,6H,3,5,7-11H2,1H3. The molecule has 0 aromatic heterocycles. The topological polar surface area (TPSA) is 6.48 Å². The summed E-state index contributed by atoms with van der Waals surface area (Å²) in [5, 5.41) is 1.38. The van der Waals surface area contributed by atoms with Crippen LogP contribution in [0.3, 0.4) is 0 Å². The SMILES string of the molecule is CN1CCN(CCCc2cccc(Cl)c2Cl)CC1. The molecule has 1 fully saturated rings. The van der Waals surface area contributed by atoms with E-state index in [2.05, 4.69) is 22.9 Å². The Morgan fingerprint density at radius 1 is 1.11 bits per heavy atom. The summed E-state index contributed by atoms with van der Waals surface area (Å²) >= 11 is 12.2. The molecule has 0 bridgehead atoms. The molecule has 100 valence electrons. The first-order chi connectivity index (χ1) is 8.66. The van der Waals surface area contributed by atoms with Crippen LogP contribution in [0.5, 0.6) is 0 Å². The summed E-state index contributed by atoms with van der Waals surface area (Å²) in [7, 11) is 2.18. The van der Waals surface area contributed by atoms with E-state index in [9.17, 15) is 0 Å². The van der Waals surface area contributed by atoms with Crippen LogP contribution >= 0.6 is 23.2 Å². The minimum absolute atomic E-state index is 0.661. The third kappa shape index (κ3) is 3.86. The number of aryl methyl sites for hydroxylation is 1. The van der Waals surface area contributed by atoms with E-state index in [0.29, 0.717) is 5.02 Å². The fourth-order valence-electron chi connectivity index (χ4n) is 2.31. The fourth-order valence-corrected chi connectivity index (χ4v) is 2.72. The molecule has 18 heavy (non-hydrogen) atoms. The van der Waals surface area contributed by atoms with Gasteiger partial charge in [-0.1, -0.05) is 35.3 Å². The highest BCUT2D eigenvalue weighted by molar-refractivity contribution is 6.42. The van der Waals surface area contributed by atoms with E-state index in [1.807, 2.05) is 12.1 Å². The summed E-state index contributed by atoms with van der Waals surface area (Å²) in [5.74, 6) is 0. The summed E-state index contributed by atoms with van der Waals surface area (Å²) in [4.78, 5) is 4.91. The van der Waals surface area contributed by atoms with Crippen LogP contribution in [0.25, 0.3) is 0 Å². The molecule has 0 saturated carbocycles. The first kappa shape index (κ1) is 14.1. The minimum Gasteiger partial charge on any atom is -0.304 e. The summed E-state index contributed by atoms with van der Waals surface area (Å²) in [6.07, 6.45) is 2.15. The van der Waals surface area contributed by atoms with Crippen molar-refractivity contribution < 1.29 is 0 Å². The Kier molecular flexibility index (Phi) is 5.31. The second kappa shape index (κ2) is 6.76. The maximum Gasteiger partial charge on any atom is 0.0624 e. The first-order valence-corrected chi connectivity index (χ1v) is 7.26. The number of benzene rings is 1. The van der Waals surface area contributed by atoms with Gasteiger partial charge in [-0.25, -0.2) is 0 Å². The number of piperazine rings is 1. The smallest absolute Gasteiger partial charge is 0.0624 e. The van der Waals surface area contributed by atoms with E-state index in [1.54, 1.807) is 0 Å². The molecule has 1 aromatic rings. The van der Waals surface area contributed by atoms with E-state index in [-0.39, 0.29) is 0 Å². The third-order valence-electron chi connectivity index (χ3n) is 3.55. The molecule has 0 amide bonds. The molecule has 1 saturated heterocycles. The number of halogens is 2. The highest BCUT2D eigenvalue weighted by Gasteiger charge is 2.13. The van der Waals surface area contributed by atoms with Gasteiger partial charge >= 0.3 is 0 Å². The first-order valence-electron chi connectivity index (χ1n) is 6.50. The van der Waals surface area contributed by atoms with Gasteiger partial charge in [0.05, 0.1) is 10.0 Å². The van der Waals surface area contributed by atoms with Crippen molar-refractivity contribution in [3.05, 3.63) is 33.8 Å². The molecular weight excluding hydrogens is 267 g/mol. The average molecular weight is 287 g/mol. The summed E-state index contributed by atoms with van der Waals surface area (Å²) in [6, 6.07) is 5.88. The van der Waals surface area contributed by atoms with Gasteiger partial charge in [0.15, 0.2) is 0 Å². The minimum atomic E-state index is 0.661. The summed E-state index contributed by atoms with van der Waals surface area (Å²) in [5.41, 5.74) is 1.17. The van der Waals surface area contributed by atoms with Crippen molar-refractivity contribution in [3.63, 3.8) is 0 Å². The van der Waals surface area contributed by atoms with Crippen molar-refractivity contribution in [2.45, 2.75) is 12.8 Å². The molecule has 1 heterocycles. The number of hydrogen-bond donors (Lipinski definition) is 0. The second-order valence-corrected chi connectivity index (χ2v) is 5.75. The largest absolute Gasteiger partial charge is 0.304 e. The van der Waals surface area contributed by atoms with Crippen LogP contribution in [0.4, 0.5) is 0 Å². The van der Waals surface area contributed by atoms with Gasteiger partial charge in [-0.15, -0.1) is 0 Å². The maximum atomic E-state index is 6.18. The van der Waals surface area contributed by atoms with E-state index < -0.39 is 0 Å². The Labute approximate surface area is 119 Å².